The van der Waals surface area contributed by atoms with Gasteiger partial charge >= 0.3 is 0 Å². The van der Waals surface area contributed by atoms with Gasteiger partial charge in [-0.3, -0.25) is 0 Å². The predicted molar refractivity (Wildman–Crippen MR) is 94.3 cm³/mol. The summed E-state index contributed by atoms with van der Waals surface area (Å²) in [5, 5.41) is 21.1. The average molecular weight is 330 g/mol. The van der Waals surface area contributed by atoms with Crippen molar-refractivity contribution >= 4 is 17.3 Å². The van der Waals surface area contributed by atoms with E-state index in [4.69, 9.17) is 11.6 Å². The third-order valence-corrected chi connectivity index (χ3v) is 4.79. The lowest BCUT2D eigenvalue weighted by Crippen LogP contribution is -2.34. The third-order valence-electron chi connectivity index (χ3n) is 4.55. The van der Waals surface area contributed by atoms with E-state index in [0.717, 1.165) is 12.0 Å². The van der Waals surface area contributed by atoms with Gasteiger partial charge in [-0.15, -0.1) is 0 Å². The number of anilines is 1. The van der Waals surface area contributed by atoms with Crippen molar-refractivity contribution in [1.82, 2.24) is 0 Å². The lowest BCUT2D eigenvalue weighted by atomic mass is 9.90. The molecule has 2 aromatic rings. The van der Waals surface area contributed by atoms with Crippen molar-refractivity contribution in [3.05, 3.63) is 64.2 Å². The Labute approximate surface area is 141 Å². The average Bonchev–Trinajstić information content (AvgIpc) is 2.53. The number of hydrogen-bond acceptors (Lipinski definition) is 3. The van der Waals surface area contributed by atoms with Gasteiger partial charge in [-0.25, -0.2) is 0 Å². The molecule has 3 nitrogen and oxygen atoms in total. The number of benzene rings is 2. The number of nitrogens with zero attached hydrogens (tertiary/aromatic N) is 1. The zero-order valence-electron chi connectivity index (χ0n) is 13.3. The first-order valence-corrected chi connectivity index (χ1v) is 8.03. The van der Waals surface area contributed by atoms with Gasteiger partial charge in [0.15, 0.2) is 0 Å². The van der Waals surface area contributed by atoms with E-state index >= 15 is 0 Å². The standard InChI is InChI=1S/C19H20ClNO2/c1-12-9-16(15-5-3-4-6-18(15)22)21(11-13(12)2)17-10-14(20)7-8-19(17)23/h3-8,10,16,22-23H,9,11H2,1-2H3/t16-/m1/s1. The van der Waals surface area contributed by atoms with Crippen LogP contribution in [0.3, 0.4) is 0 Å². The van der Waals surface area contributed by atoms with Crippen LogP contribution in [0.25, 0.3) is 0 Å². The summed E-state index contributed by atoms with van der Waals surface area (Å²) in [4.78, 5) is 2.11. The van der Waals surface area contributed by atoms with Crippen LogP contribution in [0.5, 0.6) is 11.5 Å². The largest absolute Gasteiger partial charge is 0.508 e. The summed E-state index contributed by atoms with van der Waals surface area (Å²) in [7, 11) is 0. The van der Waals surface area contributed by atoms with Crippen LogP contribution in [-0.2, 0) is 0 Å². The molecule has 120 valence electrons. The van der Waals surface area contributed by atoms with E-state index in [9.17, 15) is 10.2 Å². The summed E-state index contributed by atoms with van der Waals surface area (Å²) in [5.74, 6) is 0.471. The Balaban J connectivity index is 2.11. The molecule has 23 heavy (non-hydrogen) atoms. The Bertz CT molecular complexity index is 770. The van der Waals surface area contributed by atoms with Crippen molar-refractivity contribution in [3.8, 4) is 11.5 Å². The van der Waals surface area contributed by atoms with Crippen LogP contribution in [0.2, 0.25) is 5.02 Å². The van der Waals surface area contributed by atoms with E-state index in [1.807, 2.05) is 18.2 Å². The molecule has 3 rings (SSSR count). The molecule has 0 amide bonds. The normalized spacial score (nSPS) is 18.4. The monoisotopic (exact) mass is 329 g/mol. The van der Waals surface area contributed by atoms with Gasteiger partial charge in [0.25, 0.3) is 0 Å². The molecule has 0 fully saturated rings. The van der Waals surface area contributed by atoms with Crippen LogP contribution in [0.1, 0.15) is 31.9 Å². The van der Waals surface area contributed by atoms with Crippen molar-refractivity contribution in [3.63, 3.8) is 0 Å². The molecule has 0 spiro atoms. The zero-order chi connectivity index (χ0) is 16.6. The maximum atomic E-state index is 10.3. The fraction of sp³-hybridized carbons (Fsp3) is 0.263. The van der Waals surface area contributed by atoms with E-state index in [1.54, 1.807) is 24.3 Å². The van der Waals surface area contributed by atoms with Gasteiger partial charge in [-0.2, -0.15) is 0 Å². The highest BCUT2D eigenvalue weighted by Crippen LogP contribution is 2.43. The second-order valence-electron chi connectivity index (χ2n) is 6.10. The molecule has 1 aliphatic heterocycles. The van der Waals surface area contributed by atoms with Crippen LogP contribution in [0.4, 0.5) is 5.69 Å². The number of para-hydroxylation sites is 1. The quantitative estimate of drug-likeness (QED) is 0.759. The first-order chi connectivity index (χ1) is 11.0. The van der Waals surface area contributed by atoms with Gasteiger partial charge < -0.3 is 15.1 Å². The molecule has 0 aromatic heterocycles. The molecule has 4 heteroatoms. The highest BCUT2D eigenvalue weighted by atomic mass is 35.5. The maximum Gasteiger partial charge on any atom is 0.139 e. The number of phenols is 2. The van der Waals surface area contributed by atoms with E-state index in [0.29, 0.717) is 17.3 Å². The molecule has 0 saturated carbocycles. The highest BCUT2D eigenvalue weighted by Gasteiger charge is 2.29. The van der Waals surface area contributed by atoms with Gasteiger partial charge in [-0.1, -0.05) is 40.9 Å². The van der Waals surface area contributed by atoms with Crippen LogP contribution < -0.4 is 4.90 Å². The summed E-state index contributed by atoms with van der Waals surface area (Å²) in [6.45, 7) is 4.92. The highest BCUT2D eigenvalue weighted by molar-refractivity contribution is 6.30. The van der Waals surface area contributed by atoms with E-state index < -0.39 is 0 Å². The number of halogens is 1. The predicted octanol–water partition coefficient (Wildman–Crippen LogP) is 5.04. The van der Waals surface area contributed by atoms with Crippen LogP contribution >= 0.6 is 11.6 Å². The summed E-state index contributed by atoms with van der Waals surface area (Å²) in [6.07, 6.45) is 0.801. The Morgan fingerprint density at radius 3 is 2.48 bits per heavy atom. The first kappa shape index (κ1) is 15.8. The summed E-state index contributed by atoms with van der Waals surface area (Å²) < 4.78 is 0. The van der Waals surface area contributed by atoms with Crippen molar-refractivity contribution in [2.75, 3.05) is 11.4 Å². The number of rotatable bonds is 2. The SMILES string of the molecule is CC1=C(C)CN(c2cc(Cl)ccc2O)[C@@H](c2ccccc2O)C1. The van der Waals surface area contributed by atoms with Crippen molar-refractivity contribution in [2.24, 2.45) is 0 Å². The molecule has 0 radical (unpaired) electrons. The fourth-order valence-electron chi connectivity index (χ4n) is 3.10. The molecule has 2 aromatic carbocycles. The Hall–Kier alpha value is -2.13. The van der Waals surface area contributed by atoms with Gasteiger partial charge in [0.2, 0.25) is 0 Å². The molecular formula is C19H20ClNO2. The molecule has 0 aliphatic carbocycles. The zero-order valence-corrected chi connectivity index (χ0v) is 14.0. The van der Waals surface area contributed by atoms with Crippen molar-refractivity contribution < 1.29 is 10.2 Å². The van der Waals surface area contributed by atoms with Crippen molar-refractivity contribution in [1.29, 1.82) is 0 Å². The van der Waals surface area contributed by atoms with Crippen LogP contribution in [0.15, 0.2) is 53.6 Å². The second kappa shape index (κ2) is 6.17. The topological polar surface area (TPSA) is 43.7 Å². The van der Waals surface area contributed by atoms with Gasteiger partial charge in [0, 0.05) is 17.1 Å². The third kappa shape index (κ3) is 3.02. The summed E-state index contributed by atoms with van der Waals surface area (Å²) >= 11 is 6.13. The summed E-state index contributed by atoms with van der Waals surface area (Å²) in [6, 6.07) is 12.4. The van der Waals surface area contributed by atoms with Crippen LogP contribution in [-0.4, -0.2) is 16.8 Å². The minimum Gasteiger partial charge on any atom is -0.508 e. The van der Waals surface area contributed by atoms with Crippen molar-refractivity contribution in [2.45, 2.75) is 26.3 Å². The van der Waals surface area contributed by atoms with Gasteiger partial charge in [0.1, 0.15) is 11.5 Å². The number of hydrogen-bond donors (Lipinski definition) is 2. The fourth-order valence-corrected chi connectivity index (χ4v) is 3.27. The molecule has 2 N–H and O–H groups in total. The lowest BCUT2D eigenvalue weighted by Gasteiger charge is -2.39. The molecule has 1 aliphatic rings. The minimum atomic E-state index is -0.0377. The molecule has 0 bridgehead atoms. The molecule has 0 saturated heterocycles. The Morgan fingerprint density at radius 1 is 1.00 bits per heavy atom. The smallest absolute Gasteiger partial charge is 0.139 e. The van der Waals surface area contributed by atoms with Gasteiger partial charge in [-0.05, 0) is 44.5 Å². The molecule has 0 unspecified atom stereocenters. The maximum absolute atomic E-state index is 10.3. The number of aromatic hydroxyl groups is 2. The minimum absolute atomic E-state index is 0.0377. The van der Waals surface area contributed by atoms with E-state index in [2.05, 4.69) is 18.7 Å². The molecule has 1 atom stereocenters. The molecular weight excluding hydrogens is 310 g/mol. The second-order valence-corrected chi connectivity index (χ2v) is 6.54. The molecule has 1 heterocycles. The van der Waals surface area contributed by atoms with Crippen LogP contribution in [0, 0.1) is 0 Å². The summed E-state index contributed by atoms with van der Waals surface area (Å²) in [5.41, 5.74) is 4.14. The van der Waals surface area contributed by atoms with Gasteiger partial charge in [0.05, 0.1) is 11.7 Å². The number of phenolic OH excluding ortho intramolecular Hbond substituents is 2. The lowest BCUT2D eigenvalue weighted by molar-refractivity contribution is 0.449. The van der Waals surface area contributed by atoms with E-state index in [-0.39, 0.29) is 17.5 Å². The van der Waals surface area contributed by atoms with E-state index in [1.165, 1.54) is 11.1 Å². The Kier molecular flexibility index (Phi) is 4.22. The first-order valence-electron chi connectivity index (χ1n) is 7.65. The Morgan fingerprint density at radius 2 is 1.74 bits per heavy atom.